The Morgan fingerprint density at radius 3 is 2.28 bits per heavy atom. The Morgan fingerprint density at radius 1 is 0.907 bits per heavy atom. The minimum absolute atomic E-state index is 0.00712. The van der Waals surface area contributed by atoms with Crippen LogP contribution < -0.4 is 0 Å². The van der Waals surface area contributed by atoms with Crippen LogP contribution in [-0.2, 0) is 52.5 Å². The molecule has 8 rings (SSSR count). The first-order valence-electron chi connectivity index (χ1n) is 18.9. The summed E-state index contributed by atoms with van der Waals surface area (Å²) in [7, 11) is 2.43. The maximum atomic E-state index is 14.6. The minimum atomic E-state index is -1.52. The van der Waals surface area contributed by atoms with Gasteiger partial charge in [-0.3, -0.25) is 14.4 Å². The van der Waals surface area contributed by atoms with E-state index in [0.29, 0.717) is 24.0 Å². The molecule has 7 aliphatic carbocycles. The van der Waals surface area contributed by atoms with E-state index in [0.717, 1.165) is 17.6 Å². The number of aliphatic hydroxyl groups is 2. The van der Waals surface area contributed by atoms with Crippen LogP contribution in [-0.4, -0.2) is 90.6 Å². The van der Waals surface area contributed by atoms with Crippen LogP contribution in [0.5, 0.6) is 0 Å². The second-order valence-electron chi connectivity index (χ2n) is 17.1. The van der Waals surface area contributed by atoms with Gasteiger partial charge in [0.05, 0.1) is 38.6 Å². The van der Waals surface area contributed by atoms with Gasteiger partial charge in [0.25, 0.3) is 0 Å². The van der Waals surface area contributed by atoms with Gasteiger partial charge in [0, 0.05) is 34.0 Å². The molecule has 54 heavy (non-hydrogen) atoms. The molecular weight excluding hydrogens is 700 g/mol. The molecule has 0 aromatic carbocycles. The summed E-state index contributed by atoms with van der Waals surface area (Å²) in [6.45, 7) is 8.14. The molecule has 0 saturated heterocycles. The number of hydrogen-bond acceptors (Lipinski definition) is 13. The van der Waals surface area contributed by atoms with Crippen LogP contribution in [0.2, 0.25) is 0 Å². The molecule has 0 amide bonds. The van der Waals surface area contributed by atoms with Gasteiger partial charge < -0.3 is 33.9 Å². The number of ketones is 1. The number of rotatable bonds is 9. The molecule has 13 heteroatoms. The summed E-state index contributed by atoms with van der Waals surface area (Å²) >= 11 is 0. The van der Waals surface area contributed by atoms with Crippen molar-refractivity contribution in [1.29, 1.82) is 0 Å². The number of allylic oxidation sites excluding steroid dienone is 2. The van der Waals surface area contributed by atoms with Gasteiger partial charge in [-0.1, -0.05) is 25.5 Å². The SMILES string of the molecule is CC=C(C)C(=O)OCC1(O)C2CC2C2(C)C1CC1=C(COC(=O)CCC(=O)OC)C(=O)OC13C1C(=C(C)C(=O)OC)C(=O)C(O)C4(C)C1=C(CC32)C1CC14. The fourth-order valence-electron chi connectivity index (χ4n) is 12.5. The van der Waals surface area contributed by atoms with Crippen LogP contribution in [0.3, 0.4) is 0 Å². The van der Waals surface area contributed by atoms with E-state index in [9.17, 15) is 39.0 Å². The molecule has 12 atom stereocenters. The molecule has 8 aliphatic rings. The summed E-state index contributed by atoms with van der Waals surface area (Å²) in [5.74, 6) is -6.07. The largest absolute Gasteiger partial charge is 0.469 e. The van der Waals surface area contributed by atoms with E-state index in [-0.39, 0.29) is 66.3 Å². The molecular formula is C41H48O13. The zero-order chi connectivity index (χ0) is 39.0. The van der Waals surface area contributed by atoms with Crippen LogP contribution in [0.4, 0.5) is 0 Å². The number of fused-ring (bicyclic) bond motifs is 7. The summed E-state index contributed by atoms with van der Waals surface area (Å²) in [4.78, 5) is 79.8. The number of methoxy groups -OCH3 is 2. The van der Waals surface area contributed by atoms with E-state index in [1.54, 1.807) is 19.9 Å². The Bertz CT molecular complexity index is 1950. The highest BCUT2D eigenvalue weighted by molar-refractivity contribution is 6.09. The van der Waals surface area contributed by atoms with Crippen LogP contribution >= 0.6 is 0 Å². The van der Waals surface area contributed by atoms with E-state index >= 15 is 0 Å². The molecule has 1 heterocycles. The van der Waals surface area contributed by atoms with Crippen LogP contribution in [0, 0.1) is 52.3 Å². The first-order valence-corrected chi connectivity index (χ1v) is 18.9. The molecule has 5 saturated carbocycles. The van der Waals surface area contributed by atoms with Crippen molar-refractivity contribution in [3.05, 3.63) is 45.1 Å². The summed E-state index contributed by atoms with van der Waals surface area (Å²) in [6, 6.07) is 0. The van der Waals surface area contributed by atoms with Crippen molar-refractivity contribution in [2.75, 3.05) is 27.4 Å². The number of ether oxygens (including phenoxy) is 5. The molecule has 13 nitrogen and oxygen atoms in total. The van der Waals surface area contributed by atoms with Gasteiger partial charge in [-0.2, -0.15) is 0 Å². The lowest BCUT2D eigenvalue weighted by atomic mass is 9.42. The zero-order valence-electron chi connectivity index (χ0n) is 31.7. The van der Waals surface area contributed by atoms with Crippen molar-refractivity contribution in [3.63, 3.8) is 0 Å². The molecule has 12 unspecified atom stereocenters. The molecule has 0 aromatic rings. The molecule has 290 valence electrons. The van der Waals surface area contributed by atoms with Gasteiger partial charge in [0.1, 0.15) is 30.5 Å². The number of hydrogen-bond donors (Lipinski definition) is 2. The molecule has 5 fully saturated rings. The summed E-state index contributed by atoms with van der Waals surface area (Å²) in [5, 5.41) is 24.6. The standard InChI is InChI=1S/C41H48O13/c1-8-17(2)35(46)53-16-40(49)25-13-24(25)38(4)26(40)14-23-21(15-52-29(43)10-9-28(42)50-6)37(48)54-41(23)27(38)12-20-19-11-22(19)39(5)31(20)32(41)30(33(44)34(39)45)18(3)36(47)51-7/h8,19,22,24-27,32,34,45,49H,9-16H2,1-7H3. The normalized spacial score (nSPS) is 42.8. The summed E-state index contributed by atoms with van der Waals surface area (Å²) in [6.07, 6.45) is 1.75. The maximum Gasteiger partial charge on any atom is 0.338 e. The van der Waals surface area contributed by atoms with Crippen molar-refractivity contribution in [1.82, 2.24) is 0 Å². The van der Waals surface area contributed by atoms with Gasteiger partial charge in [0.15, 0.2) is 5.78 Å². The zero-order valence-corrected chi connectivity index (χ0v) is 31.7. The molecule has 1 aliphatic heterocycles. The van der Waals surface area contributed by atoms with E-state index in [1.807, 2.05) is 6.92 Å². The van der Waals surface area contributed by atoms with E-state index in [1.165, 1.54) is 21.1 Å². The molecule has 0 radical (unpaired) electrons. The number of esters is 5. The third kappa shape index (κ3) is 4.51. The molecule has 0 bridgehead atoms. The molecule has 0 aromatic heterocycles. The highest BCUT2D eigenvalue weighted by Crippen LogP contribution is 2.83. The second-order valence-corrected chi connectivity index (χ2v) is 17.1. The van der Waals surface area contributed by atoms with Gasteiger partial charge >= 0.3 is 29.8 Å². The average molecular weight is 749 g/mol. The number of Topliss-reactive ketones (excluding diaryl/α,β-unsaturated/α-hetero) is 1. The van der Waals surface area contributed by atoms with Crippen molar-refractivity contribution in [2.24, 2.45) is 52.3 Å². The smallest absolute Gasteiger partial charge is 0.338 e. The third-order valence-electron chi connectivity index (χ3n) is 15.3. The lowest BCUT2D eigenvalue weighted by Gasteiger charge is -2.63. The van der Waals surface area contributed by atoms with E-state index in [2.05, 4.69) is 11.7 Å². The maximum absolute atomic E-state index is 14.6. The lowest BCUT2D eigenvalue weighted by Crippen LogP contribution is -2.67. The number of carbonyl (C=O) groups is 6. The first-order chi connectivity index (χ1) is 25.5. The second kappa shape index (κ2) is 11.9. The summed E-state index contributed by atoms with van der Waals surface area (Å²) < 4.78 is 27.9. The first kappa shape index (κ1) is 36.9. The van der Waals surface area contributed by atoms with Gasteiger partial charge in [-0.25, -0.2) is 14.4 Å². The predicted molar refractivity (Wildman–Crippen MR) is 185 cm³/mol. The van der Waals surface area contributed by atoms with Gasteiger partial charge in [-0.05, 0) is 86.7 Å². The van der Waals surface area contributed by atoms with Gasteiger partial charge in [-0.15, -0.1) is 0 Å². The highest BCUT2D eigenvalue weighted by Gasteiger charge is 2.84. The highest BCUT2D eigenvalue weighted by atomic mass is 16.6. The molecule has 2 N–H and O–H groups in total. The Kier molecular flexibility index (Phi) is 8.16. The van der Waals surface area contributed by atoms with E-state index < -0.39 is 88.1 Å². The van der Waals surface area contributed by atoms with Crippen LogP contribution in [0.1, 0.15) is 73.1 Å². The topological polar surface area (TPSA) is 189 Å². The third-order valence-corrected chi connectivity index (χ3v) is 15.3. The van der Waals surface area contributed by atoms with Crippen LogP contribution in [0.15, 0.2) is 45.1 Å². The fraction of sp³-hybridized carbons (Fsp3) is 0.659. The van der Waals surface area contributed by atoms with E-state index in [4.69, 9.17) is 18.9 Å². The fourth-order valence-corrected chi connectivity index (χ4v) is 12.5. The predicted octanol–water partition coefficient (Wildman–Crippen LogP) is 3.01. The van der Waals surface area contributed by atoms with Crippen molar-refractivity contribution in [2.45, 2.75) is 90.4 Å². The average Bonchev–Trinajstić information content (AvgIpc) is 4.08. The lowest BCUT2D eigenvalue weighted by molar-refractivity contribution is -0.191. The minimum Gasteiger partial charge on any atom is -0.469 e. The monoisotopic (exact) mass is 748 g/mol. The quantitative estimate of drug-likeness (QED) is 0.152. The Morgan fingerprint density at radius 2 is 1.61 bits per heavy atom. The van der Waals surface area contributed by atoms with Crippen molar-refractivity contribution < 1.29 is 62.7 Å². The Hall–Kier alpha value is -4.10. The van der Waals surface area contributed by atoms with Crippen LogP contribution in [0.25, 0.3) is 0 Å². The number of aliphatic hydroxyl groups excluding tert-OH is 1. The number of carbonyl (C=O) groups excluding carboxylic acids is 6. The van der Waals surface area contributed by atoms with Crippen molar-refractivity contribution >= 4 is 35.6 Å². The molecule has 1 spiro atoms. The van der Waals surface area contributed by atoms with Gasteiger partial charge in [0.2, 0.25) is 0 Å². The van der Waals surface area contributed by atoms with Crippen molar-refractivity contribution in [3.8, 4) is 0 Å². The summed E-state index contributed by atoms with van der Waals surface area (Å²) in [5.41, 5.74) is -1.71. The Balaban J connectivity index is 1.32. The Labute approximate surface area is 313 Å².